The molecule has 0 spiro atoms. The van der Waals surface area contributed by atoms with Crippen molar-refractivity contribution in [2.75, 3.05) is 0 Å². The summed E-state index contributed by atoms with van der Waals surface area (Å²) in [5, 5.41) is 18.0. The zero-order valence-electron chi connectivity index (χ0n) is 9.81. The van der Waals surface area contributed by atoms with Gasteiger partial charge in [-0.05, 0) is 37.6 Å². The van der Waals surface area contributed by atoms with E-state index in [-0.39, 0.29) is 6.61 Å². The molecule has 0 aliphatic carbocycles. The highest BCUT2D eigenvalue weighted by Gasteiger charge is 2.12. The number of nitrogens with zero attached hydrogens (tertiary/aromatic N) is 3. The number of aliphatic hydroxyl groups excluding tert-OH is 1. The largest absolute Gasteiger partial charge is 0.388 e. The Morgan fingerprint density at radius 1 is 1.35 bits per heavy atom. The first kappa shape index (κ1) is 12.1. The molecule has 1 aromatic heterocycles. The van der Waals surface area contributed by atoms with E-state index in [0.717, 1.165) is 28.5 Å². The number of hydrogen-bond donors (Lipinski definition) is 1. The molecule has 0 amide bonds. The maximum absolute atomic E-state index is 9.16. The fourth-order valence-corrected chi connectivity index (χ4v) is 1.90. The first-order valence-electron chi connectivity index (χ1n) is 5.46. The Hall–Kier alpha value is -1.39. The summed E-state index contributed by atoms with van der Waals surface area (Å²) in [4.78, 5) is 0. The second-order valence-corrected chi connectivity index (χ2v) is 4.21. The number of hydrogen-bond acceptors (Lipinski definition) is 3. The molecule has 0 saturated heterocycles. The molecule has 17 heavy (non-hydrogen) atoms. The molecule has 0 saturated carbocycles. The van der Waals surface area contributed by atoms with Gasteiger partial charge in [0, 0.05) is 17.1 Å². The van der Waals surface area contributed by atoms with Gasteiger partial charge in [0.1, 0.15) is 6.61 Å². The van der Waals surface area contributed by atoms with Crippen molar-refractivity contribution in [2.45, 2.75) is 27.0 Å². The average molecular weight is 252 g/mol. The minimum absolute atomic E-state index is 0.104. The normalized spacial score (nSPS) is 10.8. The SMILES string of the molecule is CCn1c(CO)nnc1-c1ccc(Cl)c(C)c1. The maximum Gasteiger partial charge on any atom is 0.164 e. The quantitative estimate of drug-likeness (QED) is 0.912. The molecular formula is C12H14ClN3O. The van der Waals surface area contributed by atoms with Crippen molar-refractivity contribution in [3.63, 3.8) is 0 Å². The Labute approximate surface area is 105 Å². The molecular weight excluding hydrogens is 238 g/mol. The predicted molar refractivity (Wildman–Crippen MR) is 66.8 cm³/mol. The average Bonchev–Trinajstić information content (AvgIpc) is 2.75. The van der Waals surface area contributed by atoms with Crippen LogP contribution in [0, 0.1) is 6.92 Å². The van der Waals surface area contributed by atoms with Gasteiger partial charge in [0.05, 0.1) is 0 Å². The fourth-order valence-electron chi connectivity index (χ4n) is 1.78. The Balaban J connectivity index is 2.52. The molecule has 2 rings (SSSR count). The van der Waals surface area contributed by atoms with E-state index in [1.165, 1.54) is 0 Å². The molecule has 0 aliphatic heterocycles. The van der Waals surface area contributed by atoms with Gasteiger partial charge in [-0.15, -0.1) is 10.2 Å². The van der Waals surface area contributed by atoms with Gasteiger partial charge in [0.25, 0.3) is 0 Å². The Bertz CT molecular complexity index is 537. The second-order valence-electron chi connectivity index (χ2n) is 3.81. The van der Waals surface area contributed by atoms with Crippen molar-refractivity contribution in [2.24, 2.45) is 0 Å². The van der Waals surface area contributed by atoms with Crippen molar-refractivity contribution in [1.29, 1.82) is 0 Å². The third-order valence-corrected chi connectivity index (χ3v) is 3.13. The summed E-state index contributed by atoms with van der Waals surface area (Å²) >= 11 is 5.99. The van der Waals surface area contributed by atoms with Crippen LogP contribution in [-0.4, -0.2) is 19.9 Å². The van der Waals surface area contributed by atoms with Crippen molar-refractivity contribution < 1.29 is 5.11 Å². The summed E-state index contributed by atoms with van der Waals surface area (Å²) in [6.45, 7) is 4.56. The van der Waals surface area contributed by atoms with Crippen LogP contribution in [0.5, 0.6) is 0 Å². The van der Waals surface area contributed by atoms with Gasteiger partial charge in [-0.1, -0.05) is 11.6 Å². The summed E-state index contributed by atoms with van der Waals surface area (Å²) in [5.74, 6) is 1.34. The number of aliphatic hydroxyl groups is 1. The van der Waals surface area contributed by atoms with Gasteiger partial charge < -0.3 is 9.67 Å². The molecule has 0 bridgehead atoms. The lowest BCUT2D eigenvalue weighted by Gasteiger charge is -2.07. The third-order valence-electron chi connectivity index (χ3n) is 2.70. The molecule has 90 valence electrons. The number of rotatable bonds is 3. The van der Waals surface area contributed by atoms with Gasteiger partial charge in [0.2, 0.25) is 0 Å². The first-order chi connectivity index (χ1) is 8.17. The molecule has 1 heterocycles. The lowest BCUT2D eigenvalue weighted by Crippen LogP contribution is -2.03. The van der Waals surface area contributed by atoms with Crippen molar-refractivity contribution in [3.05, 3.63) is 34.6 Å². The first-order valence-corrected chi connectivity index (χ1v) is 5.84. The minimum atomic E-state index is -0.104. The highest BCUT2D eigenvalue weighted by atomic mass is 35.5. The molecule has 4 nitrogen and oxygen atoms in total. The number of benzene rings is 1. The molecule has 0 atom stereocenters. The van der Waals surface area contributed by atoms with E-state index in [2.05, 4.69) is 10.2 Å². The van der Waals surface area contributed by atoms with Gasteiger partial charge in [-0.25, -0.2) is 0 Å². The van der Waals surface area contributed by atoms with E-state index in [1.807, 2.05) is 36.6 Å². The van der Waals surface area contributed by atoms with Gasteiger partial charge in [0.15, 0.2) is 11.6 Å². The van der Waals surface area contributed by atoms with Gasteiger partial charge >= 0.3 is 0 Å². The maximum atomic E-state index is 9.16. The zero-order valence-corrected chi connectivity index (χ0v) is 10.6. The molecule has 0 unspecified atom stereocenters. The van der Waals surface area contributed by atoms with Crippen LogP contribution in [0.4, 0.5) is 0 Å². The topological polar surface area (TPSA) is 50.9 Å². The van der Waals surface area contributed by atoms with Crippen molar-refractivity contribution in [3.8, 4) is 11.4 Å². The molecule has 1 aromatic carbocycles. The van der Waals surface area contributed by atoms with Gasteiger partial charge in [-0.3, -0.25) is 0 Å². The Kier molecular flexibility index (Phi) is 3.45. The highest BCUT2D eigenvalue weighted by molar-refractivity contribution is 6.31. The molecule has 1 N–H and O–H groups in total. The van der Waals surface area contributed by atoms with E-state index in [1.54, 1.807) is 0 Å². The molecule has 2 aromatic rings. The Morgan fingerprint density at radius 2 is 2.12 bits per heavy atom. The van der Waals surface area contributed by atoms with E-state index in [4.69, 9.17) is 16.7 Å². The standard InChI is InChI=1S/C12H14ClN3O/c1-3-16-11(7-17)14-15-12(16)9-4-5-10(13)8(2)6-9/h4-6,17H,3,7H2,1-2H3. The molecule has 0 aliphatic rings. The summed E-state index contributed by atoms with van der Waals surface area (Å²) in [6.07, 6.45) is 0. The third kappa shape index (κ3) is 2.18. The monoisotopic (exact) mass is 251 g/mol. The highest BCUT2D eigenvalue weighted by Crippen LogP contribution is 2.24. The van der Waals surface area contributed by atoms with Crippen LogP contribution in [0.2, 0.25) is 5.02 Å². The second kappa shape index (κ2) is 4.85. The lowest BCUT2D eigenvalue weighted by atomic mass is 10.1. The summed E-state index contributed by atoms with van der Waals surface area (Å²) in [5.41, 5.74) is 1.96. The number of halogens is 1. The fraction of sp³-hybridized carbons (Fsp3) is 0.333. The Morgan fingerprint density at radius 3 is 2.71 bits per heavy atom. The molecule has 5 heteroatoms. The summed E-state index contributed by atoms with van der Waals surface area (Å²) < 4.78 is 1.89. The van der Waals surface area contributed by atoms with Crippen LogP contribution in [0.1, 0.15) is 18.3 Å². The van der Waals surface area contributed by atoms with E-state index in [9.17, 15) is 0 Å². The predicted octanol–water partition coefficient (Wildman–Crippen LogP) is 2.42. The van der Waals surface area contributed by atoms with Crippen LogP contribution in [0.25, 0.3) is 11.4 Å². The van der Waals surface area contributed by atoms with E-state index in [0.29, 0.717) is 5.82 Å². The van der Waals surface area contributed by atoms with E-state index < -0.39 is 0 Å². The van der Waals surface area contributed by atoms with Crippen LogP contribution >= 0.6 is 11.6 Å². The van der Waals surface area contributed by atoms with Crippen LogP contribution in [0.3, 0.4) is 0 Å². The summed E-state index contributed by atoms with van der Waals surface area (Å²) in [7, 11) is 0. The van der Waals surface area contributed by atoms with Crippen LogP contribution < -0.4 is 0 Å². The summed E-state index contributed by atoms with van der Waals surface area (Å²) in [6, 6.07) is 5.73. The van der Waals surface area contributed by atoms with Crippen LogP contribution in [-0.2, 0) is 13.2 Å². The van der Waals surface area contributed by atoms with Crippen LogP contribution in [0.15, 0.2) is 18.2 Å². The zero-order chi connectivity index (χ0) is 12.4. The number of aromatic nitrogens is 3. The number of aryl methyl sites for hydroxylation is 1. The van der Waals surface area contributed by atoms with Crippen molar-refractivity contribution >= 4 is 11.6 Å². The van der Waals surface area contributed by atoms with Crippen molar-refractivity contribution in [1.82, 2.24) is 14.8 Å². The smallest absolute Gasteiger partial charge is 0.164 e. The molecule has 0 fully saturated rings. The molecule has 0 radical (unpaired) electrons. The van der Waals surface area contributed by atoms with Gasteiger partial charge in [-0.2, -0.15) is 0 Å². The van der Waals surface area contributed by atoms with E-state index >= 15 is 0 Å². The lowest BCUT2D eigenvalue weighted by molar-refractivity contribution is 0.265. The minimum Gasteiger partial charge on any atom is -0.388 e.